The summed E-state index contributed by atoms with van der Waals surface area (Å²) in [6, 6.07) is 7.35. The van der Waals surface area contributed by atoms with Crippen molar-refractivity contribution in [2.75, 3.05) is 25.3 Å². The molecule has 0 radical (unpaired) electrons. The van der Waals surface area contributed by atoms with Crippen LogP contribution in [0.3, 0.4) is 0 Å². The summed E-state index contributed by atoms with van der Waals surface area (Å²) in [6.07, 6.45) is 2.74. The molecule has 0 spiro atoms. The molecule has 1 aromatic carbocycles. The maximum atomic E-state index is 12.7. The van der Waals surface area contributed by atoms with E-state index >= 15 is 0 Å². The number of tetrazole rings is 1. The minimum atomic E-state index is -0.417. The molecule has 9 nitrogen and oxygen atoms in total. The van der Waals surface area contributed by atoms with Gasteiger partial charge in [0.05, 0.1) is 25.5 Å². The summed E-state index contributed by atoms with van der Waals surface area (Å²) in [5, 5.41) is 15.7. The van der Waals surface area contributed by atoms with Crippen LogP contribution in [0.5, 0.6) is 5.75 Å². The molecule has 2 aromatic heterocycles. The minimum Gasteiger partial charge on any atom is -0.494 e. The number of amides is 1. The largest absolute Gasteiger partial charge is 0.494 e. The number of methoxy groups -OCH3 is 2. The normalized spacial score (nSPS) is 15.2. The van der Waals surface area contributed by atoms with Crippen LogP contribution >= 0.6 is 23.1 Å². The fourth-order valence-corrected chi connectivity index (χ4v) is 5.77. The predicted octanol–water partition coefficient (Wildman–Crippen LogP) is 3.37. The molecule has 0 saturated carbocycles. The lowest BCUT2D eigenvalue weighted by molar-refractivity contribution is -0.113. The van der Waals surface area contributed by atoms with E-state index in [2.05, 4.69) is 27.8 Å². The van der Waals surface area contributed by atoms with Gasteiger partial charge >= 0.3 is 5.97 Å². The van der Waals surface area contributed by atoms with Crippen LogP contribution in [0.4, 0.5) is 5.00 Å². The second-order valence-electron chi connectivity index (χ2n) is 7.43. The zero-order chi connectivity index (χ0) is 22.7. The molecule has 0 fully saturated rings. The summed E-state index contributed by atoms with van der Waals surface area (Å²) in [4.78, 5) is 26.3. The second kappa shape index (κ2) is 9.70. The molecule has 11 heteroatoms. The van der Waals surface area contributed by atoms with Crippen LogP contribution in [-0.2, 0) is 22.4 Å². The van der Waals surface area contributed by atoms with Gasteiger partial charge in [-0.25, -0.2) is 4.79 Å². The lowest BCUT2D eigenvalue weighted by Crippen LogP contribution is -2.17. The number of aromatic nitrogens is 4. The van der Waals surface area contributed by atoms with Crippen LogP contribution in [0, 0.1) is 5.92 Å². The highest BCUT2D eigenvalue weighted by atomic mass is 32.2. The lowest BCUT2D eigenvalue weighted by Gasteiger charge is -2.18. The van der Waals surface area contributed by atoms with Crippen LogP contribution < -0.4 is 10.1 Å². The Labute approximate surface area is 193 Å². The van der Waals surface area contributed by atoms with Gasteiger partial charge in [-0.15, -0.1) is 16.4 Å². The molecule has 32 heavy (non-hydrogen) atoms. The summed E-state index contributed by atoms with van der Waals surface area (Å²) < 4.78 is 11.9. The number of fused-ring (bicyclic) bond motifs is 1. The van der Waals surface area contributed by atoms with Crippen molar-refractivity contribution in [3.63, 3.8) is 0 Å². The quantitative estimate of drug-likeness (QED) is 0.411. The molecule has 1 aliphatic rings. The number of hydrogen-bond donors (Lipinski definition) is 1. The molecule has 0 bridgehead atoms. The van der Waals surface area contributed by atoms with Crippen LogP contribution in [0.25, 0.3) is 5.69 Å². The molecule has 3 aromatic rings. The smallest absolute Gasteiger partial charge is 0.341 e. The van der Waals surface area contributed by atoms with Gasteiger partial charge in [-0.2, -0.15) is 4.68 Å². The van der Waals surface area contributed by atoms with Crippen molar-refractivity contribution >= 4 is 40.0 Å². The highest BCUT2D eigenvalue weighted by Gasteiger charge is 2.29. The first-order chi connectivity index (χ1) is 15.5. The standard InChI is InChI=1S/C21H23N5O4S2/c1-12-8-9-13-16(10-12)32-19(18(13)20(28)30-3)22-17(27)11-31-21-23-24-25-26(21)14-6-4-5-7-15(14)29-2/h4-7,12H,8-11H2,1-3H3,(H,22,27). The molecule has 1 N–H and O–H groups in total. The van der Waals surface area contributed by atoms with Gasteiger partial charge in [-0.3, -0.25) is 4.79 Å². The third-order valence-corrected chi connectivity index (χ3v) is 7.33. The molecule has 1 atom stereocenters. The van der Waals surface area contributed by atoms with Gasteiger partial charge in [0.25, 0.3) is 0 Å². The Morgan fingerprint density at radius 3 is 2.91 bits per heavy atom. The number of ether oxygens (including phenoxy) is 2. The SMILES string of the molecule is COC(=O)c1c(NC(=O)CSc2nnnn2-c2ccccc2OC)sc2c1CCC(C)C2. The van der Waals surface area contributed by atoms with Crippen molar-refractivity contribution in [1.82, 2.24) is 20.2 Å². The number of esters is 1. The monoisotopic (exact) mass is 473 g/mol. The fraction of sp³-hybridized carbons (Fsp3) is 0.381. The van der Waals surface area contributed by atoms with E-state index in [1.807, 2.05) is 24.3 Å². The third-order valence-electron chi connectivity index (χ3n) is 5.24. The summed E-state index contributed by atoms with van der Waals surface area (Å²) in [7, 11) is 2.93. The van der Waals surface area contributed by atoms with Gasteiger partial charge < -0.3 is 14.8 Å². The number of nitrogens with zero attached hydrogens (tertiary/aromatic N) is 4. The van der Waals surface area contributed by atoms with Gasteiger partial charge in [0.1, 0.15) is 16.4 Å². The molecular weight excluding hydrogens is 450 g/mol. The Hall–Kier alpha value is -2.92. The third kappa shape index (κ3) is 4.49. The summed E-state index contributed by atoms with van der Waals surface area (Å²) in [6.45, 7) is 2.20. The number of rotatable bonds is 7. The number of benzene rings is 1. The zero-order valence-electron chi connectivity index (χ0n) is 18.0. The first-order valence-corrected chi connectivity index (χ1v) is 11.9. The number of anilines is 1. The highest BCUT2D eigenvalue weighted by molar-refractivity contribution is 7.99. The number of thioether (sulfide) groups is 1. The summed E-state index contributed by atoms with van der Waals surface area (Å²) in [5.41, 5.74) is 2.16. The van der Waals surface area contributed by atoms with Crippen molar-refractivity contribution in [3.8, 4) is 11.4 Å². The molecule has 1 amide bonds. The van der Waals surface area contributed by atoms with E-state index in [1.165, 1.54) is 34.9 Å². The molecule has 1 aliphatic carbocycles. The molecule has 0 aliphatic heterocycles. The van der Waals surface area contributed by atoms with Crippen molar-refractivity contribution in [2.24, 2.45) is 5.92 Å². The number of thiophene rings is 1. The Bertz CT molecular complexity index is 1140. The average Bonchev–Trinajstić information content (AvgIpc) is 3.40. The summed E-state index contributed by atoms with van der Waals surface area (Å²) >= 11 is 2.66. The van der Waals surface area contributed by atoms with E-state index in [0.717, 1.165) is 29.7 Å². The van der Waals surface area contributed by atoms with Crippen LogP contribution in [-0.4, -0.2) is 52.1 Å². The number of carbonyl (C=O) groups is 2. The molecular formula is C21H23N5O4S2. The lowest BCUT2D eigenvalue weighted by atomic mass is 9.88. The molecule has 0 saturated heterocycles. The first-order valence-electron chi connectivity index (χ1n) is 10.1. The fourth-order valence-electron chi connectivity index (χ4n) is 3.67. The maximum Gasteiger partial charge on any atom is 0.341 e. The maximum absolute atomic E-state index is 12.7. The van der Waals surface area contributed by atoms with Gasteiger partial charge in [0.15, 0.2) is 0 Å². The second-order valence-corrected chi connectivity index (χ2v) is 9.48. The molecule has 2 heterocycles. The van der Waals surface area contributed by atoms with Crippen LogP contribution in [0.15, 0.2) is 29.4 Å². The van der Waals surface area contributed by atoms with Gasteiger partial charge in [0, 0.05) is 4.88 Å². The van der Waals surface area contributed by atoms with E-state index in [1.54, 1.807) is 7.11 Å². The van der Waals surface area contributed by atoms with Crippen molar-refractivity contribution in [2.45, 2.75) is 31.3 Å². The topological polar surface area (TPSA) is 108 Å². The Balaban J connectivity index is 1.49. The van der Waals surface area contributed by atoms with Crippen LogP contribution in [0.1, 0.15) is 34.1 Å². The first kappa shape index (κ1) is 22.3. The average molecular weight is 474 g/mol. The Morgan fingerprint density at radius 1 is 1.31 bits per heavy atom. The summed E-state index contributed by atoms with van der Waals surface area (Å²) in [5.74, 6) is 0.586. The number of carbonyl (C=O) groups excluding carboxylic acids is 2. The van der Waals surface area contributed by atoms with Gasteiger partial charge in [-0.05, 0) is 53.3 Å². The number of para-hydroxylation sites is 2. The van der Waals surface area contributed by atoms with Crippen molar-refractivity contribution in [1.29, 1.82) is 0 Å². The molecule has 4 rings (SSSR count). The van der Waals surface area contributed by atoms with E-state index in [0.29, 0.717) is 33.1 Å². The highest BCUT2D eigenvalue weighted by Crippen LogP contribution is 2.40. The van der Waals surface area contributed by atoms with E-state index in [4.69, 9.17) is 9.47 Å². The Morgan fingerprint density at radius 2 is 2.12 bits per heavy atom. The van der Waals surface area contributed by atoms with Crippen molar-refractivity contribution < 1.29 is 19.1 Å². The number of hydrogen-bond acceptors (Lipinski definition) is 9. The molecule has 1 unspecified atom stereocenters. The minimum absolute atomic E-state index is 0.0785. The molecule has 168 valence electrons. The van der Waals surface area contributed by atoms with Gasteiger partial charge in [-0.1, -0.05) is 30.8 Å². The Kier molecular flexibility index (Phi) is 6.75. The van der Waals surface area contributed by atoms with E-state index < -0.39 is 5.97 Å². The number of nitrogens with one attached hydrogen (secondary N) is 1. The van der Waals surface area contributed by atoms with Crippen LogP contribution in [0.2, 0.25) is 0 Å². The van der Waals surface area contributed by atoms with E-state index in [-0.39, 0.29) is 11.7 Å². The van der Waals surface area contributed by atoms with E-state index in [9.17, 15) is 9.59 Å². The zero-order valence-corrected chi connectivity index (χ0v) is 19.6. The van der Waals surface area contributed by atoms with Gasteiger partial charge in [0.2, 0.25) is 11.1 Å². The van der Waals surface area contributed by atoms with Crippen molar-refractivity contribution in [3.05, 3.63) is 40.3 Å². The predicted molar refractivity (Wildman–Crippen MR) is 122 cm³/mol.